The number of ether oxygens (including phenoxy) is 1. The van der Waals surface area contributed by atoms with Crippen molar-refractivity contribution < 1.29 is 4.74 Å². The predicted molar refractivity (Wildman–Crippen MR) is 88.8 cm³/mol. The normalized spacial score (nSPS) is 12.2. The summed E-state index contributed by atoms with van der Waals surface area (Å²) in [5.41, 5.74) is 8.25. The Hall–Kier alpha value is -1.10. The third-order valence-corrected chi connectivity index (χ3v) is 5.22. The smallest absolute Gasteiger partial charge is 0.122 e. The Morgan fingerprint density at radius 3 is 2.65 bits per heavy atom. The van der Waals surface area contributed by atoms with Crippen LogP contribution in [-0.2, 0) is 17.9 Å². The minimum absolute atomic E-state index is 0.634. The van der Waals surface area contributed by atoms with Crippen LogP contribution in [0.5, 0.6) is 0 Å². The molecule has 1 aromatic carbocycles. The predicted octanol–water partition coefficient (Wildman–Crippen LogP) is 3.45. The van der Waals surface area contributed by atoms with Crippen LogP contribution in [0.1, 0.15) is 5.56 Å². The molecule has 0 saturated carbocycles. The van der Waals surface area contributed by atoms with Crippen LogP contribution in [0.3, 0.4) is 0 Å². The molecule has 0 saturated heterocycles. The highest BCUT2D eigenvalue weighted by atomic mass is 28.3. The van der Waals surface area contributed by atoms with Crippen LogP contribution >= 0.6 is 0 Å². The zero-order chi connectivity index (χ0) is 14.6. The monoisotopic (exact) mass is 290 g/mol. The van der Waals surface area contributed by atoms with E-state index in [1.54, 1.807) is 0 Å². The summed E-state index contributed by atoms with van der Waals surface area (Å²) in [5.74, 6) is 0. The fourth-order valence-corrected chi connectivity index (χ4v) is 3.08. The highest BCUT2D eigenvalue weighted by Crippen LogP contribution is 2.21. The summed E-state index contributed by atoms with van der Waals surface area (Å²) in [5, 5.41) is 1.30. The minimum atomic E-state index is -1.01. The van der Waals surface area contributed by atoms with Gasteiger partial charge < -0.3 is 15.0 Å². The number of aromatic nitrogens is 1. The summed E-state index contributed by atoms with van der Waals surface area (Å²) < 4.78 is 8.06. The van der Waals surface area contributed by atoms with Crippen LogP contribution in [0.2, 0.25) is 25.7 Å². The second-order valence-corrected chi connectivity index (χ2v) is 12.1. The Bertz CT molecular complexity index is 557. The fourth-order valence-electron chi connectivity index (χ4n) is 2.33. The van der Waals surface area contributed by atoms with E-state index in [1.165, 1.54) is 22.5 Å². The second kappa shape index (κ2) is 6.57. The van der Waals surface area contributed by atoms with Crippen molar-refractivity contribution in [2.75, 3.05) is 13.2 Å². The number of benzene rings is 1. The van der Waals surface area contributed by atoms with E-state index < -0.39 is 8.07 Å². The summed E-state index contributed by atoms with van der Waals surface area (Å²) in [7, 11) is -1.01. The van der Waals surface area contributed by atoms with E-state index in [4.69, 9.17) is 10.5 Å². The van der Waals surface area contributed by atoms with Gasteiger partial charge in [-0.25, -0.2) is 0 Å². The molecule has 0 spiro atoms. The van der Waals surface area contributed by atoms with Crippen molar-refractivity contribution >= 4 is 19.0 Å². The summed E-state index contributed by atoms with van der Waals surface area (Å²) >= 11 is 0. The number of nitrogens with two attached hydrogens (primary N) is 1. The first-order chi connectivity index (χ1) is 9.51. The Kier molecular flexibility index (Phi) is 5.02. The SMILES string of the molecule is C[Si](C)(C)CCOCn1cc(CCN)c2ccccc21. The average molecular weight is 290 g/mol. The van der Waals surface area contributed by atoms with Crippen molar-refractivity contribution in [2.24, 2.45) is 5.73 Å². The Labute approximate surface area is 122 Å². The van der Waals surface area contributed by atoms with E-state index in [-0.39, 0.29) is 0 Å². The summed E-state index contributed by atoms with van der Waals surface area (Å²) in [6.07, 6.45) is 3.11. The van der Waals surface area contributed by atoms with E-state index in [1.807, 2.05) is 0 Å². The summed E-state index contributed by atoms with van der Waals surface area (Å²) in [6, 6.07) is 9.68. The molecule has 20 heavy (non-hydrogen) atoms. The van der Waals surface area contributed by atoms with Gasteiger partial charge in [0.1, 0.15) is 6.73 Å². The van der Waals surface area contributed by atoms with Crippen LogP contribution in [0, 0.1) is 0 Å². The number of rotatable bonds is 7. The van der Waals surface area contributed by atoms with Gasteiger partial charge in [0.2, 0.25) is 0 Å². The Balaban J connectivity index is 2.06. The van der Waals surface area contributed by atoms with Crippen LogP contribution in [0.4, 0.5) is 0 Å². The highest BCUT2D eigenvalue weighted by Gasteiger charge is 2.12. The van der Waals surface area contributed by atoms with Crippen molar-refractivity contribution in [3.05, 3.63) is 36.0 Å². The molecule has 1 heterocycles. The quantitative estimate of drug-likeness (QED) is 0.626. The molecule has 3 nitrogen and oxygen atoms in total. The van der Waals surface area contributed by atoms with Gasteiger partial charge in [-0.3, -0.25) is 0 Å². The molecule has 0 radical (unpaired) electrons. The van der Waals surface area contributed by atoms with Gasteiger partial charge >= 0.3 is 0 Å². The van der Waals surface area contributed by atoms with Crippen molar-refractivity contribution in [3.63, 3.8) is 0 Å². The third kappa shape index (κ3) is 3.95. The van der Waals surface area contributed by atoms with Gasteiger partial charge in [0.15, 0.2) is 0 Å². The topological polar surface area (TPSA) is 40.2 Å². The molecule has 2 N–H and O–H groups in total. The molecule has 0 atom stereocenters. The fraction of sp³-hybridized carbons (Fsp3) is 0.500. The van der Waals surface area contributed by atoms with Crippen molar-refractivity contribution in [1.82, 2.24) is 4.57 Å². The maximum atomic E-state index is 5.86. The van der Waals surface area contributed by atoms with E-state index >= 15 is 0 Å². The Morgan fingerprint density at radius 2 is 1.95 bits per heavy atom. The molecular formula is C16H26N2OSi. The van der Waals surface area contributed by atoms with Crippen LogP contribution < -0.4 is 5.73 Å². The first-order valence-corrected chi connectivity index (χ1v) is 11.1. The Morgan fingerprint density at radius 1 is 1.20 bits per heavy atom. The molecule has 4 heteroatoms. The van der Waals surface area contributed by atoms with E-state index in [0.29, 0.717) is 13.3 Å². The number of fused-ring (bicyclic) bond motifs is 1. The van der Waals surface area contributed by atoms with Crippen LogP contribution in [0.15, 0.2) is 30.5 Å². The average Bonchev–Trinajstić information content (AvgIpc) is 2.73. The van der Waals surface area contributed by atoms with Crippen LogP contribution in [0.25, 0.3) is 10.9 Å². The number of hydrogen-bond donors (Lipinski definition) is 1. The molecule has 0 aliphatic rings. The number of hydrogen-bond acceptors (Lipinski definition) is 2. The molecule has 0 aliphatic heterocycles. The number of para-hydroxylation sites is 1. The largest absolute Gasteiger partial charge is 0.361 e. The first-order valence-electron chi connectivity index (χ1n) is 7.36. The maximum absolute atomic E-state index is 5.86. The first kappa shape index (κ1) is 15.3. The van der Waals surface area contributed by atoms with E-state index in [0.717, 1.165) is 13.0 Å². The van der Waals surface area contributed by atoms with Gasteiger partial charge in [-0.2, -0.15) is 0 Å². The minimum Gasteiger partial charge on any atom is -0.361 e. The van der Waals surface area contributed by atoms with Gasteiger partial charge in [0, 0.05) is 26.3 Å². The standard InChI is InChI=1S/C16H26N2OSi/c1-20(2,3)11-10-19-13-18-12-14(8-9-17)15-6-4-5-7-16(15)18/h4-7,12H,8-11,13,17H2,1-3H3. The van der Waals surface area contributed by atoms with Gasteiger partial charge in [-0.05, 0) is 30.6 Å². The zero-order valence-corrected chi connectivity index (χ0v) is 13.9. The van der Waals surface area contributed by atoms with Gasteiger partial charge in [0.25, 0.3) is 0 Å². The maximum Gasteiger partial charge on any atom is 0.122 e. The lowest BCUT2D eigenvalue weighted by Gasteiger charge is -2.15. The second-order valence-electron chi connectivity index (χ2n) is 6.53. The van der Waals surface area contributed by atoms with Crippen molar-refractivity contribution in [2.45, 2.75) is 38.8 Å². The van der Waals surface area contributed by atoms with Crippen LogP contribution in [-0.4, -0.2) is 25.8 Å². The van der Waals surface area contributed by atoms with Gasteiger partial charge in [-0.15, -0.1) is 0 Å². The van der Waals surface area contributed by atoms with Gasteiger partial charge in [-0.1, -0.05) is 37.8 Å². The third-order valence-electron chi connectivity index (χ3n) is 3.51. The molecule has 0 aliphatic carbocycles. The molecule has 0 amide bonds. The molecule has 1 aromatic heterocycles. The van der Waals surface area contributed by atoms with E-state index in [2.05, 4.69) is 54.7 Å². The molecule has 110 valence electrons. The molecule has 0 unspecified atom stereocenters. The van der Waals surface area contributed by atoms with Crippen molar-refractivity contribution in [1.29, 1.82) is 0 Å². The van der Waals surface area contributed by atoms with E-state index in [9.17, 15) is 0 Å². The lowest BCUT2D eigenvalue weighted by atomic mass is 10.1. The molecule has 0 fully saturated rings. The molecule has 2 rings (SSSR count). The van der Waals surface area contributed by atoms with Crippen molar-refractivity contribution in [3.8, 4) is 0 Å². The lowest BCUT2D eigenvalue weighted by molar-refractivity contribution is 0.0901. The lowest BCUT2D eigenvalue weighted by Crippen LogP contribution is -2.21. The molecular weight excluding hydrogens is 264 g/mol. The number of nitrogens with zero attached hydrogens (tertiary/aromatic N) is 1. The molecule has 2 aromatic rings. The highest BCUT2D eigenvalue weighted by molar-refractivity contribution is 6.76. The summed E-state index contributed by atoms with van der Waals surface area (Å²) in [6.45, 7) is 9.30. The molecule has 0 bridgehead atoms. The zero-order valence-electron chi connectivity index (χ0n) is 12.9. The van der Waals surface area contributed by atoms with Gasteiger partial charge in [0.05, 0.1) is 5.52 Å². The summed E-state index contributed by atoms with van der Waals surface area (Å²) in [4.78, 5) is 0.